The Labute approximate surface area is 140 Å². The van der Waals surface area contributed by atoms with E-state index in [1.165, 1.54) is 0 Å². The van der Waals surface area contributed by atoms with Crippen molar-refractivity contribution in [3.05, 3.63) is 89.3 Å². The number of hydrogen-bond acceptors (Lipinski definition) is 4. The van der Waals surface area contributed by atoms with E-state index < -0.39 is 0 Å². The van der Waals surface area contributed by atoms with E-state index in [-0.39, 0.29) is 11.9 Å². The number of rotatable bonds is 4. The molecule has 0 aliphatic carbocycles. The van der Waals surface area contributed by atoms with Gasteiger partial charge in [-0.1, -0.05) is 36.4 Å². The average Bonchev–Trinajstić information content (AvgIpc) is 2.61. The van der Waals surface area contributed by atoms with Crippen molar-refractivity contribution in [3.63, 3.8) is 0 Å². The summed E-state index contributed by atoms with van der Waals surface area (Å²) in [5.41, 5.74) is 3.05. The van der Waals surface area contributed by atoms with Crippen molar-refractivity contribution < 1.29 is 4.79 Å². The van der Waals surface area contributed by atoms with Gasteiger partial charge in [-0.15, -0.1) is 0 Å². The van der Waals surface area contributed by atoms with Gasteiger partial charge in [0, 0.05) is 18.6 Å². The van der Waals surface area contributed by atoms with E-state index in [1.54, 1.807) is 25.5 Å². The average molecular weight is 318 g/mol. The fraction of sp³-hybridized carbons (Fsp3) is 0.158. The van der Waals surface area contributed by atoms with Crippen LogP contribution < -0.4 is 5.32 Å². The highest BCUT2D eigenvalue weighted by Gasteiger charge is 2.19. The summed E-state index contributed by atoms with van der Waals surface area (Å²) in [6, 6.07) is 13.3. The molecule has 5 heteroatoms. The van der Waals surface area contributed by atoms with E-state index in [9.17, 15) is 4.79 Å². The molecule has 0 spiro atoms. The van der Waals surface area contributed by atoms with E-state index in [0.29, 0.717) is 17.1 Å². The van der Waals surface area contributed by atoms with Crippen molar-refractivity contribution in [3.8, 4) is 0 Å². The molecule has 0 bridgehead atoms. The zero-order valence-corrected chi connectivity index (χ0v) is 13.6. The molecule has 0 saturated heterocycles. The quantitative estimate of drug-likeness (QED) is 0.803. The Balaban J connectivity index is 1.94. The summed E-state index contributed by atoms with van der Waals surface area (Å²) in [6.07, 6.45) is 5.04. The van der Waals surface area contributed by atoms with Gasteiger partial charge in [0.2, 0.25) is 0 Å². The van der Waals surface area contributed by atoms with Crippen LogP contribution in [0.5, 0.6) is 0 Å². The number of pyridine rings is 1. The number of aryl methyl sites for hydroxylation is 2. The lowest BCUT2D eigenvalue weighted by Gasteiger charge is -2.20. The first-order valence-corrected chi connectivity index (χ1v) is 7.71. The Morgan fingerprint density at radius 2 is 1.75 bits per heavy atom. The Bertz CT molecular complexity index is 795. The molecule has 0 saturated carbocycles. The molecule has 0 radical (unpaired) electrons. The molecule has 0 aliphatic rings. The number of benzene rings is 1. The van der Waals surface area contributed by atoms with E-state index in [2.05, 4.69) is 20.3 Å². The largest absolute Gasteiger partial charge is 0.341 e. The second kappa shape index (κ2) is 7.00. The highest BCUT2D eigenvalue weighted by Crippen LogP contribution is 2.22. The molecular formula is C19H18N4O. The van der Waals surface area contributed by atoms with Crippen LogP contribution in [0.1, 0.15) is 39.0 Å². The van der Waals surface area contributed by atoms with Crippen LogP contribution in [0.3, 0.4) is 0 Å². The molecule has 1 N–H and O–H groups in total. The molecule has 120 valence electrons. The second-order valence-corrected chi connectivity index (χ2v) is 5.52. The van der Waals surface area contributed by atoms with Crippen LogP contribution in [0.15, 0.2) is 61.1 Å². The van der Waals surface area contributed by atoms with Gasteiger partial charge in [0.05, 0.1) is 17.3 Å². The van der Waals surface area contributed by atoms with Gasteiger partial charge >= 0.3 is 0 Å². The first-order valence-electron chi connectivity index (χ1n) is 7.71. The third-order valence-corrected chi connectivity index (χ3v) is 3.77. The maximum Gasteiger partial charge on any atom is 0.255 e. The Morgan fingerprint density at radius 3 is 2.42 bits per heavy atom. The van der Waals surface area contributed by atoms with E-state index in [0.717, 1.165) is 11.1 Å². The minimum atomic E-state index is -0.284. The molecule has 0 unspecified atom stereocenters. The third kappa shape index (κ3) is 3.46. The standard InChI is InChI=1S/C19H18N4O/c1-13-17(12-21-14(2)22-13)19(24)23-18(15-7-4-3-5-8-15)16-9-6-10-20-11-16/h3-12,18H,1-2H3,(H,23,24)/t18-/m1/s1. The van der Waals surface area contributed by atoms with Gasteiger partial charge in [-0.2, -0.15) is 0 Å². The van der Waals surface area contributed by atoms with Gasteiger partial charge < -0.3 is 5.32 Å². The molecule has 3 aromatic rings. The fourth-order valence-corrected chi connectivity index (χ4v) is 2.57. The van der Waals surface area contributed by atoms with Crippen LogP contribution in [-0.2, 0) is 0 Å². The van der Waals surface area contributed by atoms with Crippen LogP contribution in [-0.4, -0.2) is 20.9 Å². The van der Waals surface area contributed by atoms with Gasteiger partial charge in [0.1, 0.15) is 5.82 Å². The summed E-state index contributed by atoms with van der Waals surface area (Å²) in [7, 11) is 0. The van der Waals surface area contributed by atoms with Gasteiger partial charge in [-0.05, 0) is 31.0 Å². The summed E-state index contributed by atoms with van der Waals surface area (Å²) in [6.45, 7) is 3.61. The Morgan fingerprint density at radius 1 is 1.00 bits per heavy atom. The van der Waals surface area contributed by atoms with Crippen molar-refractivity contribution in [2.24, 2.45) is 0 Å². The zero-order valence-electron chi connectivity index (χ0n) is 13.6. The van der Waals surface area contributed by atoms with E-state index >= 15 is 0 Å². The predicted molar refractivity (Wildman–Crippen MR) is 91.5 cm³/mol. The molecule has 24 heavy (non-hydrogen) atoms. The molecule has 1 amide bonds. The van der Waals surface area contributed by atoms with Gasteiger partial charge in [0.15, 0.2) is 0 Å². The molecular weight excluding hydrogens is 300 g/mol. The van der Waals surface area contributed by atoms with Crippen LogP contribution >= 0.6 is 0 Å². The molecule has 0 aliphatic heterocycles. The highest BCUT2D eigenvalue weighted by atomic mass is 16.1. The summed E-state index contributed by atoms with van der Waals surface area (Å²) in [5.74, 6) is 0.445. The number of nitrogens with one attached hydrogen (secondary N) is 1. The fourth-order valence-electron chi connectivity index (χ4n) is 2.57. The first-order chi connectivity index (χ1) is 11.6. The maximum atomic E-state index is 12.7. The van der Waals surface area contributed by atoms with Gasteiger partial charge in [0.25, 0.3) is 5.91 Å². The number of hydrogen-bond donors (Lipinski definition) is 1. The van der Waals surface area contributed by atoms with Crippen LogP contribution in [0.2, 0.25) is 0 Å². The third-order valence-electron chi connectivity index (χ3n) is 3.77. The lowest BCUT2D eigenvalue weighted by molar-refractivity contribution is 0.0941. The number of nitrogens with zero attached hydrogens (tertiary/aromatic N) is 3. The molecule has 1 aromatic carbocycles. The SMILES string of the molecule is Cc1ncc(C(=O)N[C@H](c2ccccc2)c2cccnc2)c(C)n1. The topological polar surface area (TPSA) is 67.8 Å². The summed E-state index contributed by atoms with van der Waals surface area (Å²) in [5, 5.41) is 3.07. The summed E-state index contributed by atoms with van der Waals surface area (Å²) in [4.78, 5) is 25.3. The van der Waals surface area contributed by atoms with Crippen LogP contribution in [0, 0.1) is 13.8 Å². The van der Waals surface area contributed by atoms with E-state index in [1.807, 2.05) is 49.4 Å². The molecule has 2 heterocycles. The smallest absolute Gasteiger partial charge is 0.255 e. The van der Waals surface area contributed by atoms with Crippen LogP contribution in [0.4, 0.5) is 0 Å². The van der Waals surface area contributed by atoms with Crippen molar-refractivity contribution in [1.29, 1.82) is 0 Å². The van der Waals surface area contributed by atoms with Gasteiger partial charge in [-0.25, -0.2) is 9.97 Å². The number of carbonyl (C=O) groups excluding carboxylic acids is 1. The van der Waals surface area contributed by atoms with Crippen molar-refractivity contribution in [2.75, 3.05) is 0 Å². The number of amides is 1. The molecule has 0 fully saturated rings. The first kappa shape index (κ1) is 15.8. The van der Waals surface area contributed by atoms with Crippen molar-refractivity contribution in [2.45, 2.75) is 19.9 Å². The maximum absolute atomic E-state index is 12.7. The Hall–Kier alpha value is -3.08. The van der Waals surface area contributed by atoms with Crippen molar-refractivity contribution in [1.82, 2.24) is 20.3 Å². The normalized spacial score (nSPS) is 11.8. The lowest BCUT2D eigenvalue weighted by atomic mass is 9.99. The van der Waals surface area contributed by atoms with E-state index in [4.69, 9.17) is 0 Å². The monoisotopic (exact) mass is 318 g/mol. The number of aromatic nitrogens is 3. The summed E-state index contributed by atoms with van der Waals surface area (Å²) < 4.78 is 0. The minimum absolute atomic E-state index is 0.204. The van der Waals surface area contributed by atoms with Gasteiger partial charge in [-0.3, -0.25) is 9.78 Å². The minimum Gasteiger partial charge on any atom is -0.341 e. The van der Waals surface area contributed by atoms with Crippen molar-refractivity contribution >= 4 is 5.91 Å². The summed E-state index contributed by atoms with van der Waals surface area (Å²) >= 11 is 0. The highest BCUT2D eigenvalue weighted by molar-refractivity contribution is 5.95. The second-order valence-electron chi connectivity index (χ2n) is 5.52. The number of carbonyl (C=O) groups is 1. The zero-order chi connectivity index (χ0) is 16.9. The molecule has 1 atom stereocenters. The molecule has 5 nitrogen and oxygen atoms in total. The predicted octanol–water partition coefficient (Wildman–Crippen LogP) is 3.01. The Kier molecular flexibility index (Phi) is 4.61. The van der Waals surface area contributed by atoms with Crippen LogP contribution in [0.25, 0.3) is 0 Å². The molecule has 3 rings (SSSR count). The molecule has 2 aromatic heterocycles. The lowest BCUT2D eigenvalue weighted by Crippen LogP contribution is -2.30.